The number of aliphatic hydroxyl groups excluding tert-OH is 4. The molecule has 0 spiro atoms. The molecule has 0 bridgehead atoms. The van der Waals surface area contributed by atoms with Crippen molar-refractivity contribution in [1.29, 1.82) is 0 Å². The van der Waals surface area contributed by atoms with Gasteiger partial charge in [-0.2, -0.15) is 0 Å². The van der Waals surface area contributed by atoms with E-state index in [4.69, 9.17) is 29.0 Å². The maximum atomic E-state index is 11.6. The number of H-pyrrole nitrogens is 2. The number of hydrogen-bond acceptors (Lipinski definition) is 16. The predicted molar refractivity (Wildman–Crippen MR) is 156 cm³/mol. The van der Waals surface area contributed by atoms with E-state index in [9.17, 15) is 39.1 Å². The first-order valence-electron chi connectivity index (χ1n) is 12.8. The molecule has 0 aliphatic carbocycles. The van der Waals surface area contributed by atoms with Gasteiger partial charge in [0.15, 0.2) is 34.8 Å². The third-order valence-corrected chi connectivity index (χ3v) is 7.74. The van der Waals surface area contributed by atoms with Crippen LogP contribution >= 0.6 is 15.6 Å². The van der Waals surface area contributed by atoms with Crippen molar-refractivity contribution >= 4 is 113 Å². The normalized spacial score (nSPS) is 27.3. The van der Waals surface area contributed by atoms with Crippen LogP contribution in [-0.2, 0) is 27.7 Å². The second kappa shape index (κ2) is 16.7. The average molecular weight is 777 g/mol. The van der Waals surface area contributed by atoms with Gasteiger partial charge < -0.3 is 59.4 Å². The maximum absolute atomic E-state index is 11.6. The monoisotopic (exact) mass is 776 g/mol. The van der Waals surface area contributed by atoms with E-state index in [2.05, 4.69) is 39.0 Å². The maximum Gasteiger partial charge on any atom is 0.469 e. The van der Waals surface area contributed by atoms with Gasteiger partial charge in [-0.25, -0.2) is 29.1 Å². The zero-order valence-corrected chi connectivity index (χ0v) is 30.4. The molecule has 4 radical (unpaired) electrons. The van der Waals surface area contributed by atoms with E-state index in [1.165, 1.54) is 21.8 Å². The number of aliphatic hydroxyl groups is 4. The molecule has 2 fully saturated rings. The van der Waals surface area contributed by atoms with Crippen molar-refractivity contribution in [3.05, 3.63) is 46.0 Å². The molecular formula is C20H26Ca2N8O16P2. The number of nitrogens with zero attached hydrogens (tertiary/aromatic N) is 6. The summed E-state index contributed by atoms with van der Waals surface area (Å²) in [7, 11) is -9.48. The van der Waals surface area contributed by atoms with Crippen molar-refractivity contribution in [3.63, 3.8) is 0 Å². The fourth-order valence-corrected chi connectivity index (χ4v) is 5.32. The van der Waals surface area contributed by atoms with Gasteiger partial charge in [0, 0.05) is 75.5 Å². The molecule has 10 N–H and O–H groups in total. The fourth-order valence-electron chi connectivity index (χ4n) is 4.63. The van der Waals surface area contributed by atoms with Gasteiger partial charge in [-0.05, 0) is 0 Å². The minimum absolute atomic E-state index is 0. The molecule has 6 heterocycles. The Labute approximate surface area is 325 Å². The zero-order chi connectivity index (χ0) is 33.6. The van der Waals surface area contributed by atoms with E-state index < -0.39 is 89.1 Å². The van der Waals surface area contributed by atoms with Gasteiger partial charge >= 0.3 is 15.6 Å². The van der Waals surface area contributed by atoms with E-state index in [-0.39, 0.29) is 97.8 Å². The van der Waals surface area contributed by atoms with Crippen LogP contribution in [0.2, 0.25) is 0 Å². The first-order valence-corrected chi connectivity index (χ1v) is 15.9. The molecule has 28 heteroatoms. The topological polar surface area (TPSA) is 360 Å². The number of rotatable bonds is 8. The quantitative estimate of drug-likeness (QED) is 0.0591. The second-order valence-corrected chi connectivity index (χ2v) is 12.3. The van der Waals surface area contributed by atoms with Crippen molar-refractivity contribution in [3.8, 4) is 0 Å². The smallest absolute Gasteiger partial charge is 0.387 e. The number of hydrogen-bond donors (Lipinski definition) is 10. The summed E-state index contributed by atoms with van der Waals surface area (Å²) >= 11 is 0. The molecule has 8 atom stereocenters. The van der Waals surface area contributed by atoms with Crippen LogP contribution < -0.4 is 11.1 Å². The molecule has 4 aromatic rings. The summed E-state index contributed by atoms with van der Waals surface area (Å²) in [6.45, 7) is -1.25. The van der Waals surface area contributed by atoms with Gasteiger partial charge in [-0.1, -0.05) is 0 Å². The van der Waals surface area contributed by atoms with Crippen molar-refractivity contribution in [2.45, 2.75) is 49.1 Å². The molecular weight excluding hydrogens is 750 g/mol. The SMILES string of the molecule is O=c1[nH]cnc2c1ncn2[C@@H]1O[C@H](COP(=O)(O)O)[C@@H](O)[C@H]1O.O=c1[nH]cnc2c1ncn2[C@@H]1O[C@H](COP(=O)(O)O)[C@@H](O)[C@H]1O.[Ca].[Ca]. The Bertz CT molecular complexity index is 1780. The summed E-state index contributed by atoms with van der Waals surface area (Å²) in [4.78, 5) is 78.2. The van der Waals surface area contributed by atoms with Gasteiger partial charge in [0.25, 0.3) is 11.1 Å². The first kappa shape index (κ1) is 41.6. The number of nitrogens with one attached hydrogen (secondary N) is 2. The summed E-state index contributed by atoms with van der Waals surface area (Å²) in [5, 5.41) is 40.0. The van der Waals surface area contributed by atoms with Crippen LogP contribution in [0.1, 0.15) is 12.5 Å². The number of phosphoric ester groups is 2. The molecule has 2 aliphatic heterocycles. The molecule has 6 rings (SSSR count). The molecule has 2 saturated heterocycles. The molecule has 24 nitrogen and oxygen atoms in total. The second-order valence-electron chi connectivity index (χ2n) is 9.78. The Kier molecular flexibility index (Phi) is 14.5. The number of phosphoric acid groups is 2. The van der Waals surface area contributed by atoms with Crippen LogP contribution in [0, 0.1) is 0 Å². The van der Waals surface area contributed by atoms with Crippen molar-refractivity contribution < 1.29 is 67.7 Å². The predicted octanol–water partition coefficient (Wildman–Crippen LogP) is -5.07. The van der Waals surface area contributed by atoms with Gasteiger partial charge in [0.1, 0.15) is 36.6 Å². The number of fused-ring (bicyclic) bond motifs is 2. The van der Waals surface area contributed by atoms with E-state index in [0.717, 1.165) is 12.7 Å². The molecule has 2 aliphatic rings. The van der Waals surface area contributed by atoms with Crippen molar-refractivity contribution in [2.75, 3.05) is 13.2 Å². The summed E-state index contributed by atoms with van der Waals surface area (Å²) in [6, 6.07) is 0. The number of ether oxygens (including phenoxy) is 2. The van der Waals surface area contributed by atoms with Crippen LogP contribution in [0.15, 0.2) is 34.9 Å². The molecule has 256 valence electrons. The van der Waals surface area contributed by atoms with Gasteiger partial charge in [0.2, 0.25) is 0 Å². The molecule has 4 aromatic heterocycles. The standard InChI is InChI=1S/2C10H13N4O8P.2Ca/c2*15-6-4(1-21-23(18,19)20)22-10(7(6)16)14-3-13-5-8(14)11-2-12-9(5)17;;/h2*2-4,6-7,10,15-16H,1H2,(H,11,12,17)(H2,18,19,20);;/t2*4-,6-,7-,10-;;/m11../s1. The van der Waals surface area contributed by atoms with E-state index in [1.54, 1.807) is 0 Å². The Morgan fingerprint density at radius 3 is 1.35 bits per heavy atom. The molecule has 48 heavy (non-hydrogen) atoms. The Hall–Kier alpha value is -0.801. The number of aromatic amines is 2. The first-order chi connectivity index (χ1) is 21.6. The summed E-state index contributed by atoms with van der Waals surface area (Å²) in [5.41, 5.74) is -0.671. The van der Waals surface area contributed by atoms with E-state index in [1.807, 2.05) is 0 Å². The fraction of sp³-hybridized carbons (Fsp3) is 0.500. The van der Waals surface area contributed by atoms with Gasteiger partial charge in [-0.15, -0.1) is 0 Å². The Morgan fingerprint density at radius 2 is 1.02 bits per heavy atom. The third kappa shape index (κ3) is 9.35. The minimum atomic E-state index is -4.74. The van der Waals surface area contributed by atoms with Crippen LogP contribution in [0.5, 0.6) is 0 Å². The van der Waals surface area contributed by atoms with Crippen molar-refractivity contribution in [2.24, 2.45) is 0 Å². The Morgan fingerprint density at radius 1 is 0.667 bits per heavy atom. The molecule has 0 unspecified atom stereocenters. The van der Waals surface area contributed by atoms with Crippen LogP contribution in [0.4, 0.5) is 0 Å². The van der Waals surface area contributed by atoms with E-state index >= 15 is 0 Å². The van der Waals surface area contributed by atoms with E-state index in [0.29, 0.717) is 0 Å². The number of aromatic nitrogens is 8. The summed E-state index contributed by atoms with van der Waals surface area (Å²) in [6.07, 6.45) is -5.70. The Balaban J connectivity index is 0.000000250. The summed E-state index contributed by atoms with van der Waals surface area (Å²) < 4.78 is 43.2. The van der Waals surface area contributed by atoms with Crippen molar-refractivity contribution in [1.82, 2.24) is 39.0 Å². The van der Waals surface area contributed by atoms with Gasteiger partial charge in [0.05, 0.1) is 38.5 Å². The summed E-state index contributed by atoms with van der Waals surface area (Å²) in [5.74, 6) is 0. The zero-order valence-electron chi connectivity index (χ0n) is 24.2. The van der Waals surface area contributed by atoms with Crippen LogP contribution in [0.25, 0.3) is 22.3 Å². The largest absolute Gasteiger partial charge is 0.469 e. The van der Waals surface area contributed by atoms with Gasteiger partial charge in [-0.3, -0.25) is 27.8 Å². The number of imidazole rings is 2. The molecule has 0 saturated carbocycles. The minimum Gasteiger partial charge on any atom is -0.387 e. The van der Waals surface area contributed by atoms with Crippen LogP contribution in [0.3, 0.4) is 0 Å². The molecule has 0 amide bonds. The van der Waals surface area contributed by atoms with Crippen LogP contribution in [-0.4, -0.2) is 204 Å². The third-order valence-electron chi connectivity index (χ3n) is 6.77. The average Bonchev–Trinajstić information content (AvgIpc) is 3.73. The molecule has 0 aromatic carbocycles.